The molecule has 0 spiro atoms. The summed E-state index contributed by atoms with van der Waals surface area (Å²) in [5.74, 6) is 1.17. The van der Waals surface area contributed by atoms with Crippen LogP contribution in [-0.2, 0) is 0 Å². The largest absolute Gasteiger partial charge is 0.491 e. The van der Waals surface area contributed by atoms with Gasteiger partial charge in [0.1, 0.15) is 30.8 Å². The maximum Gasteiger partial charge on any atom is 0.122 e. The van der Waals surface area contributed by atoms with Crippen LogP contribution in [0.25, 0.3) is 0 Å². The molecule has 0 aromatic heterocycles. The molecule has 6 heteroatoms. The van der Waals surface area contributed by atoms with E-state index in [0.29, 0.717) is 27.2 Å². The lowest BCUT2D eigenvalue weighted by atomic mass is 10.3. The Morgan fingerprint density at radius 2 is 1.48 bits per heavy atom. The fraction of sp³-hybridized carbons (Fsp3) is 0.200. The van der Waals surface area contributed by atoms with Crippen molar-refractivity contribution in [3.63, 3.8) is 0 Å². The van der Waals surface area contributed by atoms with E-state index in [1.165, 1.54) is 0 Å². The second-order valence-electron chi connectivity index (χ2n) is 4.42. The summed E-state index contributed by atoms with van der Waals surface area (Å²) in [5, 5.41) is 10.7. The number of benzene rings is 2. The maximum absolute atomic E-state index is 9.82. The molecule has 0 amide bonds. The van der Waals surface area contributed by atoms with Crippen molar-refractivity contribution in [1.82, 2.24) is 0 Å². The quantitative estimate of drug-likeness (QED) is 0.798. The number of aliphatic hydroxyl groups excluding tert-OH is 1. The average Bonchev–Trinajstić information content (AvgIpc) is 2.48. The highest BCUT2D eigenvalue weighted by molar-refractivity contribution is 6.42. The van der Waals surface area contributed by atoms with Crippen LogP contribution in [0, 0.1) is 0 Å². The molecule has 0 bridgehead atoms. The highest BCUT2D eigenvalue weighted by atomic mass is 35.5. The van der Waals surface area contributed by atoms with Crippen LogP contribution in [0.4, 0.5) is 5.69 Å². The molecule has 2 rings (SSSR count). The van der Waals surface area contributed by atoms with E-state index in [0.717, 1.165) is 0 Å². The maximum atomic E-state index is 9.82. The van der Waals surface area contributed by atoms with E-state index in [4.69, 9.17) is 38.4 Å². The number of anilines is 1. The minimum Gasteiger partial charge on any atom is -0.491 e. The van der Waals surface area contributed by atoms with E-state index in [1.54, 1.807) is 42.5 Å². The van der Waals surface area contributed by atoms with Gasteiger partial charge in [-0.15, -0.1) is 0 Å². The summed E-state index contributed by atoms with van der Waals surface area (Å²) in [5.41, 5.74) is 6.23. The molecule has 1 atom stereocenters. The van der Waals surface area contributed by atoms with Gasteiger partial charge in [-0.05, 0) is 36.4 Å². The third-order valence-electron chi connectivity index (χ3n) is 2.66. The number of halogens is 2. The molecule has 21 heavy (non-hydrogen) atoms. The molecule has 0 saturated heterocycles. The van der Waals surface area contributed by atoms with Crippen LogP contribution in [0.15, 0.2) is 42.5 Å². The predicted octanol–water partition coefficient (Wildman–Crippen LogP) is 3.39. The van der Waals surface area contributed by atoms with Gasteiger partial charge in [-0.1, -0.05) is 23.2 Å². The molecule has 0 fully saturated rings. The summed E-state index contributed by atoms with van der Waals surface area (Å²) in [7, 11) is 0. The molecule has 0 radical (unpaired) electrons. The summed E-state index contributed by atoms with van der Waals surface area (Å²) >= 11 is 11.7. The molecule has 112 valence electrons. The van der Waals surface area contributed by atoms with Crippen LogP contribution in [0.5, 0.6) is 11.5 Å². The molecule has 2 aromatic carbocycles. The van der Waals surface area contributed by atoms with Gasteiger partial charge in [0, 0.05) is 11.8 Å². The van der Waals surface area contributed by atoms with E-state index in [-0.39, 0.29) is 13.2 Å². The van der Waals surface area contributed by atoms with Crippen LogP contribution >= 0.6 is 23.2 Å². The number of aliphatic hydroxyl groups is 1. The standard InChI is InChI=1S/C15H15Cl2NO3/c16-14-6-5-13(7-15(14)17)21-9-11(19)8-20-12-3-1-10(18)2-4-12/h1-7,11,19H,8-9,18H2. The van der Waals surface area contributed by atoms with Crippen LogP contribution in [0.3, 0.4) is 0 Å². The lowest BCUT2D eigenvalue weighted by Gasteiger charge is -2.14. The number of rotatable bonds is 6. The first kappa shape index (κ1) is 15.8. The zero-order valence-electron chi connectivity index (χ0n) is 11.1. The Morgan fingerprint density at radius 1 is 0.905 bits per heavy atom. The molecule has 0 aliphatic rings. The van der Waals surface area contributed by atoms with Gasteiger partial charge in [0.15, 0.2) is 0 Å². The van der Waals surface area contributed by atoms with Crippen LogP contribution < -0.4 is 15.2 Å². The summed E-state index contributed by atoms with van der Waals surface area (Å²) in [6, 6.07) is 11.8. The van der Waals surface area contributed by atoms with E-state index in [1.807, 2.05) is 0 Å². The SMILES string of the molecule is Nc1ccc(OCC(O)COc2ccc(Cl)c(Cl)c2)cc1. The molecular weight excluding hydrogens is 313 g/mol. The topological polar surface area (TPSA) is 64.7 Å². The van der Waals surface area contributed by atoms with Gasteiger partial charge < -0.3 is 20.3 Å². The number of nitrogens with two attached hydrogens (primary N) is 1. The van der Waals surface area contributed by atoms with Gasteiger partial charge in [-0.3, -0.25) is 0 Å². The van der Waals surface area contributed by atoms with Crippen molar-refractivity contribution in [2.75, 3.05) is 18.9 Å². The Morgan fingerprint density at radius 3 is 2.10 bits per heavy atom. The number of hydrogen-bond acceptors (Lipinski definition) is 4. The van der Waals surface area contributed by atoms with E-state index in [9.17, 15) is 5.11 Å². The molecule has 1 unspecified atom stereocenters. The smallest absolute Gasteiger partial charge is 0.122 e. The molecule has 4 nitrogen and oxygen atoms in total. The highest BCUT2D eigenvalue weighted by Gasteiger charge is 2.08. The van der Waals surface area contributed by atoms with Crippen LogP contribution in [0.2, 0.25) is 10.0 Å². The fourth-order valence-corrected chi connectivity index (χ4v) is 1.85. The van der Waals surface area contributed by atoms with Gasteiger partial charge >= 0.3 is 0 Å². The number of hydrogen-bond donors (Lipinski definition) is 2. The van der Waals surface area contributed by atoms with Crippen LogP contribution in [0.1, 0.15) is 0 Å². The van der Waals surface area contributed by atoms with Crippen molar-refractivity contribution < 1.29 is 14.6 Å². The Balaban J connectivity index is 1.77. The minimum absolute atomic E-state index is 0.0902. The monoisotopic (exact) mass is 327 g/mol. The normalized spacial score (nSPS) is 12.0. The van der Waals surface area contributed by atoms with Crippen LogP contribution in [-0.4, -0.2) is 24.4 Å². The number of nitrogen functional groups attached to an aromatic ring is 1. The molecule has 0 heterocycles. The van der Waals surface area contributed by atoms with Crippen molar-refractivity contribution >= 4 is 28.9 Å². The Kier molecular flexibility index (Phi) is 5.56. The van der Waals surface area contributed by atoms with Gasteiger partial charge in [0.2, 0.25) is 0 Å². The fourth-order valence-electron chi connectivity index (χ4n) is 1.56. The molecule has 0 aliphatic carbocycles. The second-order valence-corrected chi connectivity index (χ2v) is 5.24. The zero-order chi connectivity index (χ0) is 15.2. The molecular formula is C15H15Cl2NO3. The average molecular weight is 328 g/mol. The van der Waals surface area contributed by atoms with E-state index < -0.39 is 6.10 Å². The Labute approximate surface area is 133 Å². The van der Waals surface area contributed by atoms with Crippen molar-refractivity contribution in [3.8, 4) is 11.5 Å². The zero-order valence-corrected chi connectivity index (χ0v) is 12.6. The van der Waals surface area contributed by atoms with Crippen molar-refractivity contribution in [2.24, 2.45) is 0 Å². The summed E-state index contributed by atoms with van der Waals surface area (Å²) in [6.45, 7) is 0.207. The second kappa shape index (κ2) is 7.41. The molecule has 3 N–H and O–H groups in total. The van der Waals surface area contributed by atoms with Crippen molar-refractivity contribution in [2.45, 2.75) is 6.10 Å². The third kappa shape index (κ3) is 5.01. The summed E-state index contributed by atoms with van der Waals surface area (Å²) in [4.78, 5) is 0. The first-order valence-electron chi connectivity index (χ1n) is 6.29. The third-order valence-corrected chi connectivity index (χ3v) is 3.39. The first-order chi connectivity index (χ1) is 10.0. The lowest BCUT2D eigenvalue weighted by Crippen LogP contribution is -2.25. The molecule has 2 aromatic rings. The van der Waals surface area contributed by atoms with E-state index in [2.05, 4.69) is 0 Å². The first-order valence-corrected chi connectivity index (χ1v) is 7.04. The minimum atomic E-state index is -0.767. The highest BCUT2D eigenvalue weighted by Crippen LogP contribution is 2.26. The summed E-state index contributed by atoms with van der Waals surface area (Å²) in [6.07, 6.45) is -0.767. The number of ether oxygens (including phenoxy) is 2. The van der Waals surface area contributed by atoms with Gasteiger partial charge in [-0.2, -0.15) is 0 Å². The van der Waals surface area contributed by atoms with Gasteiger partial charge in [0.25, 0.3) is 0 Å². The Bertz CT molecular complexity index is 590. The van der Waals surface area contributed by atoms with Gasteiger partial charge in [0.05, 0.1) is 10.0 Å². The molecule has 0 aliphatic heterocycles. The van der Waals surface area contributed by atoms with E-state index >= 15 is 0 Å². The lowest BCUT2D eigenvalue weighted by molar-refractivity contribution is 0.0626. The van der Waals surface area contributed by atoms with Gasteiger partial charge in [-0.25, -0.2) is 0 Å². The van der Waals surface area contributed by atoms with Crippen molar-refractivity contribution in [1.29, 1.82) is 0 Å². The molecule has 0 saturated carbocycles. The predicted molar refractivity (Wildman–Crippen MR) is 84.3 cm³/mol. The van der Waals surface area contributed by atoms with Crippen molar-refractivity contribution in [3.05, 3.63) is 52.5 Å². The Hall–Kier alpha value is -1.62. The summed E-state index contributed by atoms with van der Waals surface area (Å²) < 4.78 is 10.8.